The summed E-state index contributed by atoms with van der Waals surface area (Å²) in [4.78, 5) is 93.0. The van der Waals surface area contributed by atoms with Crippen molar-refractivity contribution in [3.05, 3.63) is 35.9 Å². The summed E-state index contributed by atoms with van der Waals surface area (Å²) >= 11 is 0. The van der Waals surface area contributed by atoms with Gasteiger partial charge in [-0.2, -0.15) is 0 Å². The van der Waals surface area contributed by atoms with Gasteiger partial charge in [-0.25, -0.2) is 4.57 Å². The van der Waals surface area contributed by atoms with Gasteiger partial charge in [0, 0.05) is 0 Å². The molecule has 2 rings (SSSR count). The number of hydrogen-bond donors (Lipinski definition) is 10. The van der Waals surface area contributed by atoms with Crippen LogP contribution < -0.4 is 247 Å². The molecule has 1 aromatic rings. The van der Waals surface area contributed by atoms with E-state index in [0.29, 0.717) is 31.4 Å². The van der Waals surface area contributed by atoms with Crippen LogP contribution in [0.1, 0.15) is 31.2 Å². The molecule has 1 fully saturated rings. The summed E-state index contributed by atoms with van der Waals surface area (Å²) in [7, 11) is -37.7. The quantitative estimate of drug-likeness (QED) is 0.0164. The first-order valence-electron chi connectivity index (χ1n) is 24.3. The third kappa shape index (κ3) is 53.9. The monoisotopic (exact) mass is 1530 g/mol. The first kappa shape index (κ1) is 108. The number of hydrogen-bond acceptors (Lipinski definition) is 39. The van der Waals surface area contributed by atoms with E-state index < -0.39 is 208 Å². The van der Waals surface area contributed by atoms with Gasteiger partial charge in [0.2, 0.25) is 0 Å². The van der Waals surface area contributed by atoms with Crippen molar-refractivity contribution in [1.29, 1.82) is 0 Å². The molecule has 1 aliphatic rings. The molecule has 0 bridgehead atoms. The Labute approximate surface area is 677 Å². The minimum Gasteiger partial charge on any atom is -0.790 e. The minimum absolute atomic E-state index is 0. The Bertz CT molecular complexity index is 2380. The van der Waals surface area contributed by atoms with Crippen molar-refractivity contribution in [2.24, 2.45) is 5.73 Å². The Kier molecular flexibility index (Phi) is 66.6. The van der Waals surface area contributed by atoms with Crippen LogP contribution in [0.2, 0.25) is 0 Å². The predicted octanol–water partition coefficient (Wildman–Crippen LogP) is -27.8. The van der Waals surface area contributed by atoms with Crippen LogP contribution in [0.15, 0.2) is 30.3 Å². The molecular weight excluding hydrogens is 1460 g/mol. The van der Waals surface area contributed by atoms with Crippen LogP contribution in [0.5, 0.6) is 0 Å². The summed E-state index contributed by atoms with van der Waals surface area (Å²) in [6, 6.07) is 8.13. The van der Waals surface area contributed by atoms with Crippen molar-refractivity contribution < 1.29 is 392 Å². The number of ether oxygens (including phenoxy) is 3. The van der Waals surface area contributed by atoms with E-state index in [1.165, 1.54) is 0 Å². The van der Waals surface area contributed by atoms with Crippen LogP contribution in [0, 0.1) is 0 Å². The van der Waals surface area contributed by atoms with Crippen LogP contribution in [-0.2, 0) is 112 Å². The van der Waals surface area contributed by atoms with Crippen molar-refractivity contribution >= 4 is 54.8 Å². The molecule has 1 aliphatic heterocycles. The smallest absolute Gasteiger partial charge is 0.790 e. The maximum absolute atomic E-state index is 12.6. The van der Waals surface area contributed by atoms with E-state index >= 15 is 0 Å². The largest absolute Gasteiger partial charge is 1.00 e. The van der Waals surface area contributed by atoms with E-state index in [2.05, 4.69) is 45.2 Å². The Hall–Kier alpha value is 6.51. The van der Waals surface area contributed by atoms with Gasteiger partial charge in [-0.1, -0.05) is 43.2 Å². The van der Waals surface area contributed by atoms with Crippen molar-refractivity contribution in [1.82, 2.24) is 0 Å². The normalized spacial score (nSPS) is 22.6. The predicted molar refractivity (Wildman–Crippen MR) is 258 cm³/mol. The van der Waals surface area contributed by atoms with Gasteiger partial charge in [-0.15, -0.1) is 0 Å². The van der Waals surface area contributed by atoms with Gasteiger partial charge >= 0.3 is 215 Å². The first-order chi connectivity index (χ1) is 39.0. The molecule has 0 amide bonds. The van der Waals surface area contributed by atoms with E-state index in [1.807, 2.05) is 0 Å². The van der Waals surface area contributed by atoms with Crippen molar-refractivity contribution in [2.45, 2.75) is 99.6 Å². The zero-order valence-electron chi connectivity index (χ0n) is 50.9. The summed E-state index contributed by atoms with van der Waals surface area (Å²) in [5, 5.41) is 80.0. The van der Waals surface area contributed by atoms with Gasteiger partial charge in [0.15, 0.2) is 6.29 Å². The SMILES string of the molecule is NCCCCCCOP(=O)([O-])OC[C@@H](COP(=O)(O)OC[C@H](O)COP(=O)([O-])OC[C@H](O)COP(=O)([O-])OC[C@H](O)COP(=O)([O-])OC[C@H](O)COP(=O)([O-])OC[C@@H](COP(=O)([O-])[O-])OCc1ccccc1)O[C@H]1O[C@H](CO)[C@@H](O)[C@H](O)[C@H]1O.[Na+].[Na+].[Na+].[Na+].[Na+].[Na+].[Na+]. The Morgan fingerprint density at radius 2 is 0.791 bits per heavy atom. The Balaban J connectivity index is -0.00000258. The molecule has 17 atom stereocenters. The number of aliphatic hydroxyl groups is 8. The summed E-state index contributed by atoms with van der Waals surface area (Å²) in [6.07, 6.45) is -18.7. The van der Waals surface area contributed by atoms with Gasteiger partial charge in [-0.3, -0.25) is 31.9 Å². The van der Waals surface area contributed by atoms with Crippen LogP contribution in [0.4, 0.5) is 0 Å². The van der Waals surface area contributed by atoms with Gasteiger partial charge < -0.3 is 154 Å². The summed E-state index contributed by atoms with van der Waals surface area (Å²) < 4.78 is 158. The fourth-order valence-corrected chi connectivity index (χ4v) is 10.8. The maximum atomic E-state index is 12.6. The Morgan fingerprint density at radius 3 is 1.19 bits per heavy atom. The van der Waals surface area contributed by atoms with Gasteiger partial charge in [-0.05, 0) is 24.9 Å². The molecule has 0 spiro atoms. The zero-order valence-corrected chi connectivity index (χ0v) is 71.1. The molecule has 0 saturated carbocycles. The van der Waals surface area contributed by atoms with Crippen LogP contribution >= 0.6 is 54.8 Å². The standard InChI is InChI=1S/C37H74NO39P7.7Na/c38-10-6-1-2-7-11-63-79(50,51)74-24-32(76-37-36(46)35(45)34(44)33(12-39)77-37)25-75-84(60,61)72-21-30(43)19-70-82(56,57)68-17-28(41)15-66-80(52,53)65-14-27(40)16-67-81(54,55)69-18-29(42)20-71-83(58,59)73-23-31(22-64-78(47,48)49)62-13-26-8-4-3-5-9-26;;;;;;;/h3-5,8-9,27-37,39-46H,1-2,6-7,10-25,38H2,(H,50,51)(H,52,53)(H,54,55)(H,56,57)(H,58,59)(H,60,61)(H2,47,48,49);;;;;;;/q;7*+1/p-7/t27-,28+,29-,30+,31+,32-,33+,34+,35-,36+,37-;;;;;;;/m0......./s1. The van der Waals surface area contributed by atoms with Crippen molar-refractivity contribution in [3.63, 3.8) is 0 Å². The molecule has 1 saturated heterocycles. The van der Waals surface area contributed by atoms with Crippen LogP contribution in [-0.4, -0.2) is 212 Å². The molecule has 54 heteroatoms. The fraction of sp³-hybridized carbons (Fsp3) is 0.838. The second kappa shape index (κ2) is 55.9. The third-order valence-electron chi connectivity index (χ3n) is 9.94. The molecule has 40 nitrogen and oxygen atoms in total. The van der Waals surface area contributed by atoms with E-state index in [4.69, 9.17) is 33.5 Å². The second-order valence-corrected chi connectivity index (χ2v) is 26.9. The van der Waals surface area contributed by atoms with E-state index in [9.17, 15) is 112 Å². The third-order valence-corrected chi connectivity index (χ3v) is 16.0. The topological polar surface area (TPSA) is 637 Å². The number of unbranched alkanes of at least 4 members (excludes halogenated alkanes) is 3. The molecule has 0 aliphatic carbocycles. The number of phosphoric acid groups is 7. The summed E-state index contributed by atoms with van der Waals surface area (Å²) in [5.41, 5.74) is 5.96. The second-order valence-electron chi connectivity index (χ2n) is 17.2. The van der Waals surface area contributed by atoms with E-state index in [1.54, 1.807) is 30.3 Å². The number of nitrogens with two attached hydrogens (primary N) is 1. The molecule has 1 heterocycles. The van der Waals surface area contributed by atoms with Crippen LogP contribution in [0.3, 0.4) is 0 Å². The van der Waals surface area contributed by atoms with Gasteiger partial charge in [0.05, 0.1) is 107 Å². The molecule has 496 valence electrons. The molecule has 0 radical (unpaired) electrons. The molecule has 11 N–H and O–H groups in total. The maximum Gasteiger partial charge on any atom is 1.00 e. The van der Waals surface area contributed by atoms with E-state index in [0.717, 1.165) is 0 Å². The number of rotatable bonds is 49. The van der Waals surface area contributed by atoms with E-state index in [-0.39, 0.29) is 227 Å². The first-order valence-corrected chi connectivity index (χ1v) is 34.5. The molecule has 0 aromatic heterocycles. The number of aliphatic hydroxyl groups excluding tert-OH is 8. The average molecular weight is 1530 g/mol. The van der Waals surface area contributed by atoms with Crippen LogP contribution in [0.25, 0.3) is 0 Å². The zero-order chi connectivity index (χ0) is 63.4. The molecule has 91 heavy (non-hydrogen) atoms. The summed E-state index contributed by atoms with van der Waals surface area (Å²) in [5.74, 6) is 0. The van der Waals surface area contributed by atoms with Gasteiger partial charge in [0.1, 0.15) is 61.0 Å². The average Bonchev–Trinajstić information content (AvgIpc) is 1.44. The summed E-state index contributed by atoms with van der Waals surface area (Å²) in [6.45, 7) is -15.2. The Morgan fingerprint density at radius 1 is 0.451 bits per heavy atom. The van der Waals surface area contributed by atoms with Crippen molar-refractivity contribution in [3.8, 4) is 0 Å². The number of phosphoric ester groups is 7. The fourth-order valence-electron chi connectivity index (χ4n) is 5.74. The van der Waals surface area contributed by atoms with Gasteiger partial charge in [0.25, 0.3) is 39.1 Å². The molecule has 1 aromatic carbocycles. The number of benzene rings is 1. The van der Waals surface area contributed by atoms with Crippen molar-refractivity contribution in [2.75, 3.05) is 99.0 Å². The minimum atomic E-state index is -5.52. The molecular formula is C37H67NNa7O39P7. The molecule has 6 unspecified atom stereocenters.